The summed E-state index contributed by atoms with van der Waals surface area (Å²) >= 11 is 0. The van der Waals surface area contributed by atoms with E-state index in [4.69, 9.17) is 0 Å². The van der Waals surface area contributed by atoms with Gasteiger partial charge in [0.25, 0.3) is 0 Å². The van der Waals surface area contributed by atoms with Gasteiger partial charge in [0.2, 0.25) is 0 Å². The van der Waals surface area contributed by atoms with Gasteiger partial charge in [-0.15, -0.1) is 5.92 Å². The van der Waals surface area contributed by atoms with E-state index in [0.717, 1.165) is 18.2 Å². The normalized spacial score (nSPS) is 9.07. The van der Waals surface area contributed by atoms with Gasteiger partial charge in [0, 0.05) is 0 Å². The average Bonchev–Trinajstić information content (AvgIpc) is 2.18. The summed E-state index contributed by atoms with van der Waals surface area (Å²) in [6.07, 6.45) is -0.0864. The summed E-state index contributed by atoms with van der Waals surface area (Å²) in [5.41, 5.74) is -0.243. The van der Waals surface area contributed by atoms with Crippen LogP contribution in [-0.4, -0.2) is 5.78 Å². The number of hydrogen-bond donors (Lipinski definition) is 0. The molecule has 0 heterocycles. The fourth-order valence-electron chi connectivity index (χ4n) is 0.975. The van der Waals surface area contributed by atoms with E-state index >= 15 is 0 Å². The molecular weight excluding hydrogens is 186 g/mol. The maximum atomic E-state index is 13.0. The Morgan fingerprint density at radius 2 is 2.14 bits per heavy atom. The van der Waals surface area contributed by atoms with Crippen LogP contribution in [0.25, 0.3) is 0 Å². The summed E-state index contributed by atoms with van der Waals surface area (Å²) in [4.78, 5) is 11.3. The van der Waals surface area contributed by atoms with Crippen molar-refractivity contribution in [2.75, 3.05) is 0 Å². The Kier molecular flexibility index (Phi) is 3.35. The molecule has 0 aliphatic carbocycles. The number of benzene rings is 1. The summed E-state index contributed by atoms with van der Waals surface area (Å²) in [5.74, 6) is 3.18. The first-order valence-electron chi connectivity index (χ1n) is 4.03. The van der Waals surface area contributed by atoms with Crippen LogP contribution in [0.1, 0.15) is 23.7 Å². The van der Waals surface area contributed by atoms with E-state index in [-0.39, 0.29) is 12.0 Å². The highest BCUT2D eigenvalue weighted by Gasteiger charge is 2.11. The minimum absolute atomic E-state index is 0.0864. The highest BCUT2D eigenvalue weighted by molar-refractivity contribution is 5.97. The van der Waals surface area contributed by atoms with Gasteiger partial charge in [0.05, 0.1) is 12.0 Å². The molecule has 0 N–H and O–H groups in total. The van der Waals surface area contributed by atoms with Gasteiger partial charge in [-0.1, -0.05) is 5.92 Å². The molecule has 0 aliphatic heterocycles. The summed E-state index contributed by atoms with van der Waals surface area (Å²) in [6, 6.07) is 2.79. The Hall–Kier alpha value is -1.69. The first kappa shape index (κ1) is 10.4. The number of carbonyl (C=O) groups excluding carboxylic acids is 1. The molecule has 0 fully saturated rings. The molecule has 0 unspecified atom stereocenters. The molecule has 72 valence electrons. The first-order chi connectivity index (χ1) is 6.65. The summed E-state index contributed by atoms with van der Waals surface area (Å²) in [7, 11) is 0. The molecule has 0 aliphatic rings. The molecule has 0 saturated heterocycles. The Morgan fingerprint density at radius 3 is 2.79 bits per heavy atom. The second-order valence-electron chi connectivity index (χ2n) is 2.65. The number of Topliss-reactive ketones (excluding diaryl/α,β-unsaturated/α-hetero) is 1. The van der Waals surface area contributed by atoms with Crippen LogP contribution < -0.4 is 0 Å². The van der Waals surface area contributed by atoms with Crippen LogP contribution in [0.5, 0.6) is 0 Å². The summed E-state index contributed by atoms with van der Waals surface area (Å²) in [5, 5.41) is 0. The highest BCUT2D eigenvalue weighted by Crippen LogP contribution is 2.11. The van der Waals surface area contributed by atoms with Crippen LogP contribution in [0.15, 0.2) is 18.2 Å². The molecule has 1 rings (SSSR count). The van der Waals surface area contributed by atoms with Gasteiger partial charge >= 0.3 is 0 Å². The van der Waals surface area contributed by atoms with Crippen molar-refractivity contribution in [1.82, 2.24) is 0 Å². The second kappa shape index (κ2) is 4.52. The number of halogens is 2. The molecule has 1 aromatic carbocycles. The highest BCUT2D eigenvalue weighted by atomic mass is 19.1. The molecular formula is C11H8F2O. The molecule has 0 spiro atoms. The molecule has 0 aromatic heterocycles. The van der Waals surface area contributed by atoms with Crippen LogP contribution in [0, 0.1) is 23.5 Å². The largest absolute Gasteiger partial charge is 0.293 e. The van der Waals surface area contributed by atoms with Crippen LogP contribution in [0.2, 0.25) is 0 Å². The van der Waals surface area contributed by atoms with E-state index in [1.807, 2.05) is 0 Å². The van der Waals surface area contributed by atoms with E-state index in [0.29, 0.717) is 0 Å². The molecule has 0 radical (unpaired) electrons. The Morgan fingerprint density at radius 1 is 1.43 bits per heavy atom. The lowest BCUT2D eigenvalue weighted by atomic mass is 10.1. The lowest BCUT2D eigenvalue weighted by Crippen LogP contribution is -2.01. The predicted molar refractivity (Wildman–Crippen MR) is 48.8 cm³/mol. The number of carbonyl (C=O) groups is 1. The fourth-order valence-corrected chi connectivity index (χ4v) is 0.975. The Bertz CT molecular complexity index is 413. The van der Waals surface area contributed by atoms with Crippen LogP contribution >= 0.6 is 0 Å². The maximum absolute atomic E-state index is 13.0. The monoisotopic (exact) mass is 194 g/mol. The summed E-state index contributed by atoms with van der Waals surface area (Å²) in [6.45, 7) is 1.58. The predicted octanol–water partition coefficient (Wildman–Crippen LogP) is 2.56. The zero-order valence-corrected chi connectivity index (χ0v) is 7.60. The van der Waals surface area contributed by atoms with E-state index in [2.05, 4.69) is 11.8 Å². The van der Waals surface area contributed by atoms with Gasteiger partial charge in [-0.05, 0) is 25.1 Å². The quantitative estimate of drug-likeness (QED) is 0.522. The zero-order chi connectivity index (χ0) is 10.6. The third-order valence-corrected chi connectivity index (χ3v) is 1.65. The molecule has 1 aromatic rings. The number of ketones is 1. The van der Waals surface area contributed by atoms with Crippen molar-refractivity contribution >= 4 is 5.78 Å². The van der Waals surface area contributed by atoms with Crippen molar-refractivity contribution in [2.45, 2.75) is 13.3 Å². The molecule has 3 heteroatoms. The first-order valence-corrected chi connectivity index (χ1v) is 4.03. The van der Waals surface area contributed by atoms with Crippen LogP contribution in [0.4, 0.5) is 8.78 Å². The van der Waals surface area contributed by atoms with Gasteiger partial charge in [-0.3, -0.25) is 4.79 Å². The smallest absolute Gasteiger partial charge is 0.177 e. The third kappa shape index (κ3) is 2.40. The van der Waals surface area contributed by atoms with Gasteiger partial charge in [-0.25, -0.2) is 8.78 Å². The molecule has 0 atom stereocenters. The standard InChI is InChI=1S/C11H8F2O/c1-2-3-4-11(14)9-7-8(12)5-6-10(9)13/h5-7H,4H2,1H3. The number of rotatable bonds is 2. The van der Waals surface area contributed by atoms with Crippen molar-refractivity contribution in [3.8, 4) is 11.8 Å². The second-order valence-corrected chi connectivity index (χ2v) is 2.65. The van der Waals surface area contributed by atoms with Gasteiger partial charge < -0.3 is 0 Å². The zero-order valence-electron chi connectivity index (χ0n) is 7.60. The summed E-state index contributed by atoms with van der Waals surface area (Å²) < 4.78 is 25.7. The van der Waals surface area contributed by atoms with Crippen LogP contribution in [0.3, 0.4) is 0 Å². The lowest BCUT2D eigenvalue weighted by Gasteiger charge is -1.98. The minimum Gasteiger partial charge on any atom is -0.293 e. The van der Waals surface area contributed by atoms with Crippen molar-refractivity contribution in [1.29, 1.82) is 0 Å². The van der Waals surface area contributed by atoms with Gasteiger partial charge in [0.1, 0.15) is 11.6 Å². The molecule has 1 nitrogen and oxygen atoms in total. The average molecular weight is 194 g/mol. The topological polar surface area (TPSA) is 17.1 Å². The van der Waals surface area contributed by atoms with Crippen molar-refractivity contribution in [3.63, 3.8) is 0 Å². The van der Waals surface area contributed by atoms with Gasteiger partial charge in [-0.2, -0.15) is 0 Å². The van der Waals surface area contributed by atoms with Gasteiger partial charge in [0.15, 0.2) is 5.78 Å². The van der Waals surface area contributed by atoms with Crippen LogP contribution in [-0.2, 0) is 0 Å². The number of hydrogen-bond acceptors (Lipinski definition) is 1. The van der Waals surface area contributed by atoms with E-state index in [9.17, 15) is 13.6 Å². The molecule has 14 heavy (non-hydrogen) atoms. The Balaban J connectivity index is 2.98. The molecule has 0 bridgehead atoms. The SMILES string of the molecule is CC#CCC(=O)c1cc(F)ccc1F. The van der Waals surface area contributed by atoms with Crippen molar-refractivity contribution in [2.24, 2.45) is 0 Å². The molecule has 0 saturated carbocycles. The van der Waals surface area contributed by atoms with E-state index < -0.39 is 17.4 Å². The van der Waals surface area contributed by atoms with Crippen molar-refractivity contribution < 1.29 is 13.6 Å². The maximum Gasteiger partial charge on any atom is 0.177 e. The molecule has 0 amide bonds. The van der Waals surface area contributed by atoms with E-state index in [1.165, 1.54) is 0 Å². The third-order valence-electron chi connectivity index (χ3n) is 1.65. The Labute approximate surface area is 80.7 Å². The fraction of sp³-hybridized carbons (Fsp3) is 0.182. The minimum atomic E-state index is -0.714. The van der Waals surface area contributed by atoms with E-state index in [1.54, 1.807) is 6.92 Å². The lowest BCUT2D eigenvalue weighted by molar-refractivity contribution is 0.0994. The van der Waals surface area contributed by atoms with Crippen molar-refractivity contribution in [3.05, 3.63) is 35.4 Å².